The minimum absolute atomic E-state index is 0.0325. The Kier molecular flexibility index (Phi) is 3.61. The molecule has 6 heteroatoms. The summed E-state index contributed by atoms with van der Waals surface area (Å²) in [5, 5.41) is 2.63. The molecule has 92 valence electrons. The Morgan fingerprint density at radius 2 is 2.47 bits per heavy atom. The first-order chi connectivity index (χ1) is 8.11. The number of carbonyl (C=O) groups is 1. The highest BCUT2D eigenvalue weighted by atomic mass is 79.9. The van der Waals surface area contributed by atoms with E-state index in [-0.39, 0.29) is 17.6 Å². The average Bonchev–Trinajstić information content (AvgIpc) is 2.81. The van der Waals surface area contributed by atoms with Crippen molar-refractivity contribution in [3.8, 4) is 0 Å². The number of carbonyl (C=O) groups excluding carboxylic acids is 1. The summed E-state index contributed by atoms with van der Waals surface area (Å²) in [4.78, 5) is 17.5. The molecule has 1 saturated heterocycles. The summed E-state index contributed by atoms with van der Waals surface area (Å²) in [6, 6.07) is 1.39. The standard InChI is InChI=1S/C11H13BrFN3O/c1-14-11(17)7-2-3-16(6-7)10-4-9(13)8(12)5-15-10/h4-5,7H,2-3,6H2,1H3,(H,14,17)/t7-/m0/s1. The lowest BCUT2D eigenvalue weighted by Crippen LogP contribution is -2.30. The Labute approximate surface area is 107 Å². The SMILES string of the molecule is CNC(=O)[C@H]1CCN(c2cc(F)c(Br)cn2)C1. The van der Waals surface area contributed by atoms with Gasteiger partial charge in [-0.1, -0.05) is 0 Å². The number of pyridine rings is 1. The van der Waals surface area contributed by atoms with Gasteiger partial charge in [0.1, 0.15) is 11.6 Å². The number of amides is 1. The monoisotopic (exact) mass is 301 g/mol. The van der Waals surface area contributed by atoms with E-state index in [1.165, 1.54) is 12.3 Å². The third-order valence-electron chi connectivity index (χ3n) is 2.92. The number of hydrogen-bond acceptors (Lipinski definition) is 3. The van der Waals surface area contributed by atoms with Crippen LogP contribution in [0, 0.1) is 11.7 Å². The molecule has 1 aliphatic rings. The first-order valence-electron chi connectivity index (χ1n) is 5.39. The lowest BCUT2D eigenvalue weighted by molar-refractivity contribution is -0.123. The highest BCUT2D eigenvalue weighted by molar-refractivity contribution is 9.10. The maximum atomic E-state index is 13.4. The number of nitrogens with one attached hydrogen (secondary N) is 1. The largest absolute Gasteiger partial charge is 0.359 e. The minimum atomic E-state index is -0.335. The van der Waals surface area contributed by atoms with Crippen LogP contribution in [0.1, 0.15) is 6.42 Å². The molecule has 1 atom stereocenters. The maximum Gasteiger partial charge on any atom is 0.224 e. The molecule has 1 aromatic heterocycles. The number of hydrogen-bond donors (Lipinski definition) is 1. The van der Waals surface area contributed by atoms with E-state index < -0.39 is 0 Å². The summed E-state index contributed by atoms with van der Waals surface area (Å²) in [5.74, 6) is 0.245. The predicted octanol–water partition coefficient (Wildman–Crippen LogP) is 1.56. The Morgan fingerprint density at radius 1 is 1.71 bits per heavy atom. The second kappa shape index (κ2) is 5.00. The molecular formula is C11H13BrFN3O. The molecule has 0 saturated carbocycles. The molecule has 0 radical (unpaired) electrons. The predicted molar refractivity (Wildman–Crippen MR) is 66.3 cm³/mol. The van der Waals surface area contributed by atoms with Gasteiger partial charge in [-0.25, -0.2) is 9.37 Å². The third kappa shape index (κ3) is 2.57. The lowest BCUT2D eigenvalue weighted by atomic mass is 10.1. The average molecular weight is 302 g/mol. The smallest absolute Gasteiger partial charge is 0.224 e. The highest BCUT2D eigenvalue weighted by Gasteiger charge is 2.28. The summed E-state index contributed by atoms with van der Waals surface area (Å²) in [6.07, 6.45) is 2.22. The van der Waals surface area contributed by atoms with Crippen LogP contribution < -0.4 is 10.2 Å². The van der Waals surface area contributed by atoms with Crippen molar-refractivity contribution in [2.24, 2.45) is 5.92 Å². The summed E-state index contributed by atoms with van der Waals surface area (Å²) in [6.45, 7) is 1.32. The summed E-state index contributed by atoms with van der Waals surface area (Å²) < 4.78 is 13.7. The third-order valence-corrected chi connectivity index (χ3v) is 3.51. The van der Waals surface area contributed by atoms with Crippen LogP contribution in [0.2, 0.25) is 0 Å². The molecule has 1 N–H and O–H groups in total. The quantitative estimate of drug-likeness (QED) is 0.901. The van der Waals surface area contributed by atoms with Crippen LogP contribution in [-0.2, 0) is 4.79 Å². The number of aromatic nitrogens is 1. The van der Waals surface area contributed by atoms with Crippen molar-refractivity contribution in [2.75, 3.05) is 25.0 Å². The molecule has 1 aromatic rings. The summed E-state index contributed by atoms with van der Waals surface area (Å²) in [7, 11) is 1.63. The molecular weight excluding hydrogens is 289 g/mol. The highest BCUT2D eigenvalue weighted by Crippen LogP contribution is 2.24. The van der Waals surface area contributed by atoms with E-state index in [9.17, 15) is 9.18 Å². The van der Waals surface area contributed by atoms with Gasteiger partial charge in [0.25, 0.3) is 0 Å². The van der Waals surface area contributed by atoms with Crippen LogP contribution >= 0.6 is 15.9 Å². The van der Waals surface area contributed by atoms with E-state index in [2.05, 4.69) is 26.2 Å². The zero-order chi connectivity index (χ0) is 12.4. The molecule has 0 unspecified atom stereocenters. The van der Waals surface area contributed by atoms with Gasteiger partial charge in [0, 0.05) is 32.4 Å². The number of halogens is 2. The molecule has 2 heterocycles. The molecule has 4 nitrogen and oxygen atoms in total. The Bertz CT molecular complexity index is 441. The Balaban J connectivity index is 2.10. The second-order valence-electron chi connectivity index (χ2n) is 4.00. The van der Waals surface area contributed by atoms with Crippen molar-refractivity contribution in [2.45, 2.75) is 6.42 Å². The first kappa shape index (κ1) is 12.3. The molecule has 1 amide bonds. The van der Waals surface area contributed by atoms with Crippen LogP contribution in [0.15, 0.2) is 16.7 Å². The van der Waals surface area contributed by atoms with E-state index in [0.29, 0.717) is 16.8 Å². The fourth-order valence-electron chi connectivity index (χ4n) is 1.96. The van der Waals surface area contributed by atoms with Crippen molar-refractivity contribution < 1.29 is 9.18 Å². The van der Waals surface area contributed by atoms with Crippen LogP contribution in [0.5, 0.6) is 0 Å². The number of nitrogens with zero attached hydrogens (tertiary/aromatic N) is 2. The Morgan fingerprint density at radius 3 is 3.12 bits per heavy atom. The van der Waals surface area contributed by atoms with Gasteiger partial charge in [0.05, 0.1) is 10.4 Å². The van der Waals surface area contributed by atoms with E-state index in [1.807, 2.05) is 4.90 Å². The zero-order valence-electron chi connectivity index (χ0n) is 9.41. The second-order valence-corrected chi connectivity index (χ2v) is 4.86. The molecule has 17 heavy (non-hydrogen) atoms. The van der Waals surface area contributed by atoms with Crippen LogP contribution in [0.4, 0.5) is 10.2 Å². The molecule has 0 aliphatic carbocycles. The van der Waals surface area contributed by atoms with Gasteiger partial charge in [-0.2, -0.15) is 0 Å². The van der Waals surface area contributed by atoms with Crippen molar-refractivity contribution in [3.05, 3.63) is 22.6 Å². The van der Waals surface area contributed by atoms with Gasteiger partial charge >= 0.3 is 0 Å². The fourth-order valence-corrected chi connectivity index (χ4v) is 2.18. The van der Waals surface area contributed by atoms with E-state index >= 15 is 0 Å². The molecule has 0 aromatic carbocycles. The van der Waals surface area contributed by atoms with Crippen molar-refractivity contribution in [3.63, 3.8) is 0 Å². The van der Waals surface area contributed by atoms with E-state index in [1.54, 1.807) is 7.05 Å². The molecule has 2 rings (SSSR count). The topological polar surface area (TPSA) is 45.2 Å². The van der Waals surface area contributed by atoms with Gasteiger partial charge in [-0.05, 0) is 22.4 Å². The normalized spacial score (nSPS) is 19.5. The Hall–Kier alpha value is -1.17. The summed E-state index contributed by atoms with van der Waals surface area (Å²) in [5.41, 5.74) is 0. The van der Waals surface area contributed by atoms with E-state index in [0.717, 1.165) is 13.0 Å². The minimum Gasteiger partial charge on any atom is -0.359 e. The molecule has 0 spiro atoms. The van der Waals surface area contributed by atoms with Gasteiger partial charge in [-0.15, -0.1) is 0 Å². The fraction of sp³-hybridized carbons (Fsp3) is 0.455. The van der Waals surface area contributed by atoms with Crippen LogP contribution in [0.3, 0.4) is 0 Å². The van der Waals surface area contributed by atoms with E-state index in [4.69, 9.17) is 0 Å². The van der Waals surface area contributed by atoms with Crippen LogP contribution in [0.25, 0.3) is 0 Å². The van der Waals surface area contributed by atoms with Gasteiger partial charge < -0.3 is 10.2 Å². The van der Waals surface area contributed by atoms with Gasteiger partial charge in [-0.3, -0.25) is 4.79 Å². The van der Waals surface area contributed by atoms with Crippen molar-refractivity contribution in [1.29, 1.82) is 0 Å². The molecule has 1 aliphatic heterocycles. The molecule has 0 bridgehead atoms. The van der Waals surface area contributed by atoms with Crippen molar-refractivity contribution in [1.82, 2.24) is 10.3 Å². The number of rotatable bonds is 2. The first-order valence-corrected chi connectivity index (χ1v) is 6.18. The summed E-state index contributed by atoms with van der Waals surface area (Å²) >= 11 is 3.06. The van der Waals surface area contributed by atoms with Crippen LogP contribution in [-0.4, -0.2) is 31.0 Å². The van der Waals surface area contributed by atoms with Gasteiger partial charge in [0.2, 0.25) is 5.91 Å². The zero-order valence-corrected chi connectivity index (χ0v) is 11.0. The van der Waals surface area contributed by atoms with Crippen molar-refractivity contribution >= 4 is 27.7 Å². The lowest BCUT2D eigenvalue weighted by Gasteiger charge is -2.17. The van der Waals surface area contributed by atoms with Gasteiger partial charge in [0.15, 0.2) is 0 Å². The maximum absolute atomic E-state index is 13.4. The molecule has 1 fully saturated rings. The number of anilines is 1.